The van der Waals surface area contributed by atoms with Crippen LogP contribution in [0.3, 0.4) is 0 Å². The average molecular weight is 300 g/mol. The Kier molecular flexibility index (Phi) is 5.02. The zero-order valence-electron chi connectivity index (χ0n) is 12.9. The van der Waals surface area contributed by atoms with Crippen LogP contribution in [0.4, 0.5) is 0 Å². The first-order valence-electron chi connectivity index (χ1n) is 6.83. The molecule has 0 aliphatic heterocycles. The van der Waals surface area contributed by atoms with Gasteiger partial charge in [-0.1, -0.05) is 23.8 Å². The smallest absolute Gasteiger partial charge is 0.256 e. The molecule has 1 amide bonds. The summed E-state index contributed by atoms with van der Waals surface area (Å²) in [6.07, 6.45) is 3.65. The van der Waals surface area contributed by atoms with Gasteiger partial charge in [-0.3, -0.25) is 4.79 Å². The van der Waals surface area contributed by atoms with Crippen molar-refractivity contribution in [2.75, 3.05) is 13.3 Å². The van der Waals surface area contributed by atoms with E-state index in [1.165, 1.54) is 28.5 Å². The van der Waals surface area contributed by atoms with E-state index in [0.717, 1.165) is 5.03 Å². The number of thioether (sulfide) groups is 1. The first-order valence-corrected chi connectivity index (χ1v) is 8.06. The van der Waals surface area contributed by atoms with Crippen molar-refractivity contribution in [3.63, 3.8) is 0 Å². The monoisotopic (exact) mass is 300 g/mol. The van der Waals surface area contributed by atoms with Crippen molar-refractivity contribution >= 4 is 17.7 Å². The van der Waals surface area contributed by atoms with Gasteiger partial charge < -0.3 is 4.90 Å². The van der Waals surface area contributed by atoms with Gasteiger partial charge in [0.25, 0.3) is 5.91 Å². The van der Waals surface area contributed by atoms with Gasteiger partial charge in [0.15, 0.2) is 0 Å². The average Bonchev–Trinajstić information content (AvgIpc) is 2.49. The number of rotatable bonds is 4. The Morgan fingerprint density at radius 1 is 1.29 bits per heavy atom. The number of aromatic nitrogens is 1. The molecule has 1 aromatic carbocycles. The number of hydrogen-bond acceptors (Lipinski definition) is 3. The third kappa shape index (κ3) is 3.64. The lowest BCUT2D eigenvalue weighted by atomic mass is 10.1. The second-order valence-electron chi connectivity index (χ2n) is 5.15. The number of hydrogen-bond donors (Lipinski definition) is 0. The van der Waals surface area contributed by atoms with Gasteiger partial charge >= 0.3 is 0 Å². The van der Waals surface area contributed by atoms with Crippen molar-refractivity contribution in [3.05, 3.63) is 58.8 Å². The summed E-state index contributed by atoms with van der Waals surface area (Å²) in [6.45, 7) is 4.76. The number of nitrogens with zero attached hydrogens (tertiary/aromatic N) is 2. The molecule has 0 radical (unpaired) electrons. The molecule has 2 rings (SSSR count). The van der Waals surface area contributed by atoms with Gasteiger partial charge in [-0.25, -0.2) is 4.98 Å². The topological polar surface area (TPSA) is 33.2 Å². The van der Waals surface area contributed by atoms with E-state index in [1.807, 2.05) is 19.4 Å². The minimum Gasteiger partial charge on any atom is -0.337 e. The Morgan fingerprint density at radius 2 is 2.05 bits per heavy atom. The molecule has 0 unspecified atom stereocenters. The van der Waals surface area contributed by atoms with Crippen LogP contribution in [0.5, 0.6) is 0 Å². The second kappa shape index (κ2) is 6.76. The minimum atomic E-state index is 0.00688. The molecule has 0 bridgehead atoms. The van der Waals surface area contributed by atoms with Gasteiger partial charge in [-0.2, -0.15) is 0 Å². The van der Waals surface area contributed by atoms with Crippen LogP contribution in [0.25, 0.3) is 0 Å². The van der Waals surface area contributed by atoms with E-state index in [-0.39, 0.29) is 5.91 Å². The van der Waals surface area contributed by atoms with Crippen molar-refractivity contribution in [1.82, 2.24) is 9.88 Å². The number of carbonyl (C=O) groups excluding carboxylic acids is 1. The van der Waals surface area contributed by atoms with E-state index in [9.17, 15) is 4.79 Å². The van der Waals surface area contributed by atoms with Gasteiger partial charge in [-0.15, -0.1) is 11.8 Å². The SMILES string of the molecule is CSc1ncccc1C(=O)N(C)Cc1ccc(C)cc1C. The molecule has 0 saturated heterocycles. The molecular formula is C17H20N2OS. The summed E-state index contributed by atoms with van der Waals surface area (Å²) in [4.78, 5) is 18.6. The highest BCUT2D eigenvalue weighted by atomic mass is 32.2. The number of pyridine rings is 1. The Labute approximate surface area is 130 Å². The fraction of sp³-hybridized carbons (Fsp3) is 0.294. The highest BCUT2D eigenvalue weighted by Crippen LogP contribution is 2.20. The molecule has 21 heavy (non-hydrogen) atoms. The maximum absolute atomic E-state index is 12.6. The summed E-state index contributed by atoms with van der Waals surface area (Å²) in [7, 11) is 1.83. The molecule has 110 valence electrons. The highest BCUT2D eigenvalue weighted by molar-refractivity contribution is 7.98. The van der Waals surface area contributed by atoms with Gasteiger partial charge in [0, 0.05) is 19.8 Å². The Balaban J connectivity index is 2.19. The van der Waals surface area contributed by atoms with Crippen LogP contribution in [0.2, 0.25) is 0 Å². The molecule has 3 nitrogen and oxygen atoms in total. The Morgan fingerprint density at radius 3 is 2.71 bits per heavy atom. The van der Waals surface area contributed by atoms with Crippen molar-refractivity contribution in [1.29, 1.82) is 0 Å². The maximum atomic E-state index is 12.6. The molecule has 0 aliphatic rings. The first-order chi connectivity index (χ1) is 10.0. The normalized spacial score (nSPS) is 10.5. The van der Waals surface area contributed by atoms with E-state index in [4.69, 9.17) is 0 Å². The van der Waals surface area contributed by atoms with E-state index in [0.29, 0.717) is 12.1 Å². The minimum absolute atomic E-state index is 0.00688. The molecule has 2 aromatic rings. The highest BCUT2D eigenvalue weighted by Gasteiger charge is 2.16. The van der Waals surface area contributed by atoms with Crippen LogP contribution < -0.4 is 0 Å². The standard InChI is InChI=1S/C17H20N2OS/c1-12-7-8-14(13(2)10-12)11-19(3)17(20)15-6-5-9-18-16(15)21-4/h5-10H,11H2,1-4H3. The van der Waals surface area contributed by atoms with Gasteiger partial charge in [-0.05, 0) is 43.4 Å². The molecular weight excluding hydrogens is 280 g/mol. The lowest BCUT2D eigenvalue weighted by molar-refractivity contribution is 0.0780. The number of carbonyl (C=O) groups is 1. The molecule has 1 aromatic heterocycles. The molecule has 0 N–H and O–H groups in total. The van der Waals surface area contributed by atoms with Crippen molar-refractivity contribution < 1.29 is 4.79 Å². The van der Waals surface area contributed by atoms with Gasteiger partial charge in [0.2, 0.25) is 0 Å². The zero-order chi connectivity index (χ0) is 15.4. The van der Waals surface area contributed by atoms with E-state index in [1.54, 1.807) is 17.2 Å². The predicted octanol–water partition coefficient (Wildman–Crippen LogP) is 3.69. The Hall–Kier alpha value is -1.81. The van der Waals surface area contributed by atoms with Crippen molar-refractivity contribution in [3.8, 4) is 0 Å². The second-order valence-corrected chi connectivity index (χ2v) is 5.95. The van der Waals surface area contributed by atoms with Crippen LogP contribution in [0.1, 0.15) is 27.0 Å². The van der Waals surface area contributed by atoms with Crippen LogP contribution in [-0.2, 0) is 6.54 Å². The number of amides is 1. The predicted molar refractivity (Wildman–Crippen MR) is 87.7 cm³/mol. The summed E-state index contributed by atoms with van der Waals surface area (Å²) in [6, 6.07) is 9.95. The fourth-order valence-electron chi connectivity index (χ4n) is 2.27. The summed E-state index contributed by atoms with van der Waals surface area (Å²) in [5, 5.41) is 0.773. The van der Waals surface area contributed by atoms with Crippen LogP contribution in [-0.4, -0.2) is 29.1 Å². The Bertz CT molecular complexity index is 655. The lowest BCUT2D eigenvalue weighted by Gasteiger charge is -2.19. The van der Waals surface area contributed by atoms with E-state index < -0.39 is 0 Å². The van der Waals surface area contributed by atoms with Crippen LogP contribution in [0.15, 0.2) is 41.6 Å². The summed E-state index contributed by atoms with van der Waals surface area (Å²) in [5.74, 6) is 0.00688. The van der Waals surface area contributed by atoms with Crippen LogP contribution >= 0.6 is 11.8 Å². The molecule has 1 heterocycles. The molecule has 0 atom stereocenters. The molecule has 0 spiro atoms. The third-order valence-corrected chi connectivity index (χ3v) is 4.16. The summed E-state index contributed by atoms with van der Waals surface area (Å²) >= 11 is 1.49. The van der Waals surface area contributed by atoms with Gasteiger partial charge in [0.05, 0.1) is 5.56 Å². The maximum Gasteiger partial charge on any atom is 0.256 e. The lowest BCUT2D eigenvalue weighted by Crippen LogP contribution is -2.27. The van der Waals surface area contributed by atoms with E-state index in [2.05, 4.69) is 37.0 Å². The third-order valence-electron chi connectivity index (χ3n) is 3.45. The van der Waals surface area contributed by atoms with Crippen LogP contribution in [0, 0.1) is 13.8 Å². The largest absolute Gasteiger partial charge is 0.337 e. The van der Waals surface area contributed by atoms with Gasteiger partial charge in [0.1, 0.15) is 5.03 Å². The summed E-state index contributed by atoms with van der Waals surface area (Å²) < 4.78 is 0. The van der Waals surface area contributed by atoms with Crippen molar-refractivity contribution in [2.45, 2.75) is 25.4 Å². The fourth-order valence-corrected chi connectivity index (χ4v) is 2.81. The molecule has 0 saturated carbocycles. The van der Waals surface area contributed by atoms with Crippen molar-refractivity contribution in [2.24, 2.45) is 0 Å². The molecule has 4 heteroatoms. The van der Waals surface area contributed by atoms with E-state index >= 15 is 0 Å². The summed E-state index contributed by atoms with van der Waals surface area (Å²) in [5.41, 5.74) is 4.29. The number of benzene rings is 1. The molecule has 0 aliphatic carbocycles. The zero-order valence-corrected chi connectivity index (χ0v) is 13.7. The first kappa shape index (κ1) is 15.6. The quantitative estimate of drug-likeness (QED) is 0.807. The molecule has 0 fully saturated rings. The number of aryl methyl sites for hydroxylation is 2.